The second-order valence-corrected chi connectivity index (χ2v) is 5.02. The number of carbonyl (C=O) groups excluding carboxylic acids is 1. The first-order valence-electron chi connectivity index (χ1n) is 5.78. The first-order valence-corrected chi connectivity index (χ1v) is 6.66. The van der Waals surface area contributed by atoms with E-state index in [4.69, 9.17) is 0 Å². The summed E-state index contributed by atoms with van der Waals surface area (Å²) in [6.07, 6.45) is 3.89. The molecule has 0 fully saturated rings. The van der Waals surface area contributed by atoms with Crippen LogP contribution in [-0.2, 0) is 29.5 Å². The van der Waals surface area contributed by atoms with E-state index in [2.05, 4.69) is 14.7 Å². The van der Waals surface area contributed by atoms with Crippen LogP contribution in [-0.4, -0.2) is 34.7 Å². The third-order valence-electron chi connectivity index (χ3n) is 2.72. The first-order chi connectivity index (χ1) is 9.10. The Morgan fingerprint density at radius 3 is 3.00 bits per heavy atom. The number of imidazole rings is 1. The Kier molecular flexibility index (Phi) is 4.16. The lowest BCUT2D eigenvalue weighted by Gasteiger charge is -2.15. The Labute approximate surface area is 115 Å². The lowest BCUT2D eigenvalue weighted by Crippen LogP contribution is -2.19. The van der Waals surface area contributed by atoms with E-state index in [1.165, 1.54) is 18.4 Å². The third-order valence-corrected chi connectivity index (χ3v) is 3.72. The van der Waals surface area contributed by atoms with Crippen molar-refractivity contribution in [3.05, 3.63) is 29.3 Å². The number of nitrogens with zero attached hydrogens (tertiary/aromatic N) is 4. The van der Waals surface area contributed by atoms with Crippen LogP contribution in [0.4, 0.5) is 5.13 Å². The second-order valence-electron chi connectivity index (χ2n) is 4.18. The van der Waals surface area contributed by atoms with E-state index < -0.39 is 0 Å². The Bertz CT molecular complexity index is 564. The molecule has 0 atom stereocenters. The van der Waals surface area contributed by atoms with E-state index in [-0.39, 0.29) is 12.4 Å². The number of anilines is 1. The van der Waals surface area contributed by atoms with Gasteiger partial charge in [0.2, 0.25) is 0 Å². The molecular formula is C12H16N4O2S. The zero-order valence-corrected chi connectivity index (χ0v) is 12.0. The lowest BCUT2D eigenvalue weighted by atomic mass is 10.3. The van der Waals surface area contributed by atoms with Crippen LogP contribution in [0.1, 0.15) is 11.5 Å². The number of aromatic nitrogens is 3. The van der Waals surface area contributed by atoms with Crippen molar-refractivity contribution < 1.29 is 9.53 Å². The zero-order valence-electron chi connectivity index (χ0n) is 11.2. The molecule has 2 aromatic heterocycles. The normalized spacial score (nSPS) is 10.5. The smallest absolute Gasteiger partial charge is 0.311 e. The fraction of sp³-hybridized carbons (Fsp3) is 0.417. The van der Waals surface area contributed by atoms with Crippen molar-refractivity contribution in [3.8, 4) is 0 Å². The van der Waals surface area contributed by atoms with Crippen LogP contribution in [0.15, 0.2) is 17.8 Å². The van der Waals surface area contributed by atoms with E-state index in [0.29, 0.717) is 6.54 Å². The molecule has 2 heterocycles. The number of thiazole rings is 1. The average molecular weight is 280 g/mol. The Balaban J connectivity index is 2.02. The van der Waals surface area contributed by atoms with Crippen LogP contribution in [0.2, 0.25) is 0 Å². The molecule has 0 saturated heterocycles. The summed E-state index contributed by atoms with van der Waals surface area (Å²) < 4.78 is 6.60. The number of hydrogen-bond acceptors (Lipinski definition) is 6. The summed E-state index contributed by atoms with van der Waals surface area (Å²) in [4.78, 5) is 21.9. The number of ether oxygens (including phenoxy) is 1. The predicted molar refractivity (Wildman–Crippen MR) is 73.1 cm³/mol. The number of rotatable bonds is 5. The maximum atomic E-state index is 11.2. The van der Waals surface area contributed by atoms with Gasteiger partial charge >= 0.3 is 5.97 Å². The summed E-state index contributed by atoms with van der Waals surface area (Å²) in [5.41, 5.74) is 0.735. The number of carbonyl (C=O) groups is 1. The predicted octanol–water partition coefficient (Wildman–Crippen LogP) is 1.23. The standard InChI is InChI=1S/C12H16N4O2S/c1-15-5-4-13-10(15)7-16(2)12-14-9(8-19-12)6-11(17)18-3/h4-5,8H,6-7H2,1-3H3. The monoisotopic (exact) mass is 280 g/mol. The lowest BCUT2D eigenvalue weighted by molar-refractivity contribution is -0.139. The summed E-state index contributed by atoms with van der Waals surface area (Å²) in [5.74, 6) is 0.691. The Hall–Kier alpha value is -1.89. The maximum absolute atomic E-state index is 11.2. The molecule has 0 aliphatic carbocycles. The molecule has 6 nitrogen and oxygen atoms in total. The second kappa shape index (κ2) is 5.83. The van der Waals surface area contributed by atoms with Crippen LogP contribution < -0.4 is 4.90 Å². The highest BCUT2D eigenvalue weighted by Crippen LogP contribution is 2.21. The van der Waals surface area contributed by atoms with Crippen LogP contribution in [0, 0.1) is 0 Å². The van der Waals surface area contributed by atoms with Crippen LogP contribution in [0.3, 0.4) is 0 Å². The minimum atomic E-state index is -0.274. The van der Waals surface area contributed by atoms with Gasteiger partial charge < -0.3 is 14.2 Å². The molecule has 0 radical (unpaired) electrons. The maximum Gasteiger partial charge on any atom is 0.311 e. The quantitative estimate of drug-likeness (QED) is 0.771. The molecule has 0 bridgehead atoms. The van der Waals surface area contributed by atoms with Gasteiger partial charge in [0, 0.05) is 31.9 Å². The fourth-order valence-corrected chi connectivity index (χ4v) is 2.39. The largest absolute Gasteiger partial charge is 0.469 e. The average Bonchev–Trinajstić information content (AvgIpc) is 2.99. The van der Waals surface area contributed by atoms with Crippen molar-refractivity contribution in [2.75, 3.05) is 19.1 Å². The van der Waals surface area contributed by atoms with Crippen LogP contribution in [0.5, 0.6) is 0 Å². The van der Waals surface area contributed by atoms with E-state index in [0.717, 1.165) is 16.6 Å². The molecule has 2 rings (SSSR count). The van der Waals surface area contributed by atoms with Crippen molar-refractivity contribution in [1.82, 2.24) is 14.5 Å². The van der Waals surface area contributed by atoms with Gasteiger partial charge in [-0.3, -0.25) is 4.79 Å². The minimum absolute atomic E-state index is 0.212. The molecule has 0 aliphatic heterocycles. The highest BCUT2D eigenvalue weighted by molar-refractivity contribution is 7.13. The summed E-state index contributed by atoms with van der Waals surface area (Å²) in [5, 5.41) is 2.74. The highest BCUT2D eigenvalue weighted by atomic mass is 32.1. The van der Waals surface area contributed by atoms with Crippen LogP contribution >= 0.6 is 11.3 Å². The topological polar surface area (TPSA) is 60.2 Å². The van der Waals surface area contributed by atoms with Gasteiger partial charge in [-0.2, -0.15) is 0 Å². The molecule has 19 heavy (non-hydrogen) atoms. The van der Waals surface area contributed by atoms with Gasteiger partial charge in [-0.1, -0.05) is 0 Å². The molecular weight excluding hydrogens is 264 g/mol. The molecule has 0 spiro atoms. The molecule has 7 heteroatoms. The van der Waals surface area contributed by atoms with E-state index in [1.807, 2.05) is 35.1 Å². The summed E-state index contributed by atoms with van der Waals surface area (Å²) >= 11 is 1.51. The molecule has 0 aliphatic rings. The van der Waals surface area contributed by atoms with Gasteiger partial charge in [-0.15, -0.1) is 11.3 Å². The van der Waals surface area contributed by atoms with E-state index in [9.17, 15) is 4.79 Å². The fourth-order valence-electron chi connectivity index (χ4n) is 1.60. The minimum Gasteiger partial charge on any atom is -0.469 e. The summed E-state index contributed by atoms with van der Waals surface area (Å²) in [6.45, 7) is 0.675. The SMILES string of the molecule is COC(=O)Cc1csc(N(C)Cc2nccn2C)n1. The van der Waals surface area contributed by atoms with Crippen molar-refractivity contribution in [3.63, 3.8) is 0 Å². The number of esters is 1. The van der Waals surface area contributed by atoms with Crippen molar-refractivity contribution in [1.29, 1.82) is 0 Å². The molecule has 0 amide bonds. The van der Waals surface area contributed by atoms with Gasteiger partial charge in [0.05, 0.1) is 25.8 Å². The molecule has 2 aromatic rings. The Morgan fingerprint density at radius 1 is 1.58 bits per heavy atom. The van der Waals surface area contributed by atoms with Crippen molar-refractivity contribution in [2.45, 2.75) is 13.0 Å². The molecule has 0 aromatic carbocycles. The van der Waals surface area contributed by atoms with Gasteiger partial charge in [-0.05, 0) is 0 Å². The van der Waals surface area contributed by atoms with Gasteiger partial charge in [-0.25, -0.2) is 9.97 Å². The van der Waals surface area contributed by atoms with E-state index >= 15 is 0 Å². The molecule has 0 unspecified atom stereocenters. The number of hydrogen-bond donors (Lipinski definition) is 0. The molecule has 102 valence electrons. The molecule has 0 saturated carbocycles. The highest BCUT2D eigenvalue weighted by Gasteiger charge is 2.12. The van der Waals surface area contributed by atoms with Crippen molar-refractivity contribution in [2.24, 2.45) is 7.05 Å². The van der Waals surface area contributed by atoms with Crippen LogP contribution in [0.25, 0.3) is 0 Å². The van der Waals surface area contributed by atoms with Gasteiger partial charge in [0.25, 0.3) is 0 Å². The third kappa shape index (κ3) is 3.31. The number of aryl methyl sites for hydroxylation is 1. The zero-order chi connectivity index (χ0) is 13.8. The summed E-state index contributed by atoms with van der Waals surface area (Å²) in [6, 6.07) is 0. The van der Waals surface area contributed by atoms with Crippen molar-refractivity contribution >= 4 is 22.4 Å². The first kappa shape index (κ1) is 13.5. The van der Waals surface area contributed by atoms with Gasteiger partial charge in [0.1, 0.15) is 5.82 Å². The summed E-state index contributed by atoms with van der Waals surface area (Å²) in [7, 11) is 5.29. The molecule has 0 N–H and O–H groups in total. The number of methoxy groups -OCH3 is 1. The van der Waals surface area contributed by atoms with Gasteiger partial charge in [0.15, 0.2) is 5.13 Å². The Morgan fingerprint density at radius 2 is 2.37 bits per heavy atom. The van der Waals surface area contributed by atoms with E-state index in [1.54, 1.807) is 6.20 Å².